The van der Waals surface area contributed by atoms with Crippen LogP contribution in [0, 0.1) is 0 Å². The van der Waals surface area contributed by atoms with Crippen molar-refractivity contribution in [2.45, 2.75) is 0 Å². The Bertz CT molecular complexity index is 579. The molecule has 4 nitrogen and oxygen atoms in total. The van der Waals surface area contributed by atoms with Crippen molar-refractivity contribution in [3.8, 4) is 28.4 Å². The summed E-state index contributed by atoms with van der Waals surface area (Å²) in [4.78, 5) is 0. The van der Waals surface area contributed by atoms with Gasteiger partial charge in [-0.15, -0.1) is 0 Å². The predicted molar refractivity (Wildman–Crippen MR) is 64.0 cm³/mol. The topological polar surface area (TPSA) is 86.3 Å². The minimum Gasteiger partial charge on any atom is -0.507 e. The van der Waals surface area contributed by atoms with Crippen LogP contribution in [0.4, 0.5) is 0 Å². The monoisotopic (exact) mass is 230 g/mol. The van der Waals surface area contributed by atoms with Gasteiger partial charge in [-0.25, -0.2) is 0 Å². The highest BCUT2D eigenvalue weighted by molar-refractivity contribution is 5.82. The molecule has 4 heteroatoms. The summed E-state index contributed by atoms with van der Waals surface area (Å²) in [6.45, 7) is 0. The molecule has 0 bridgehead atoms. The molecule has 0 aliphatic carbocycles. The van der Waals surface area contributed by atoms with E-state index >= 15 is 0 Å². The molecule has 0 aliphatic heterocycles. The van der Waals surface area contributed by atoms with E-state index in [0.29, 0.717) is 5.56 Å². The van der Waals surface area contributed by atoms with Crippen molar-refractivity contribution < 1.29 is 20.7 Å². The molecule has 0 atom stereocenters. The second kappa shape index (κ2) is 4.17. The average molecular weight is 230 g/mol. The van der Waals surface area contributed by atoms with Gasteiger partial charge in [0.1, 0.15) is 5.75 Å². The van der Waals surface area contributed by atoms with Gasteiger partial charge in [-0.3, -0.25) is 5.41 Å². The first-order chi connectivity index (χ1) is 8.11. The zero-order valence-corrected chi connectivity index (χ0v) is 8.96. The largest absolute Gasteiger partial charge is 0.507 e. The Morgan fingerprint density at radius 2 is 1.35 bits per heavy atom. The zero-order chi connectivity index (χ0) is 12.4. The van der Waals surface area contributed by atoms with Crippen molar-refractivity contribution in [1.29, 1.82) is 0 Å². The lowest BCUT2D eigenvalue weighted by Gasteiger charge is -2.05. The van der Waals surface area contributed by atoms with Crippen molar-refractivity contribution in [3.05, 3.63) is 42.0 Å². The third kappa shape index (κ3) is 2.06. The number of phenolic OH excluding ortho intramolecular Hbond substituents is 3. The van der Waals surface area contributed by atoms with Crippen molar-refractivity contribution >= 4 is 6.21 Å². The lowest BCUT2D eigenvalue weighted by molar-refractivity contribution is -0.104. The molecule has 2 aromatic carbocycles. The fourth-order valence-electron chi connectivity index (χ4n) is 1.57. The summed E-state index contributed by atoms with van der Waals surface area (Å²) in [6.07, 6.45) is 1.30. The van der Waals surface area contributed by atoms with Crippen LogP contribution in [0.5, 0.6) is 17.2 Å². The lowest BCUT2D eigenvalue weighted by Crippen LogP contribution is -2.29. The van der Waals surface area contributed by atoms with E-state index in [1.165, 1.54) is 24.4 Å². The number of benzene rings is 2. The molecule has 0 saturated carbocycles. The van der Waals surface area contributed by atoms with Crippen LogP contribution < -0.4 is 5.41 Å². The van der Waals surface area contributed by atoms with Crippen LogP contribution in [0.15, 0.2) is 36.4 Å². The van der Waals surface area contributed by atoms with Gasteiger partial charge in [0.05, 0.1) is 5.56 Å². The van der Waals surface area contributed by atoms with Crippen molar-refractivity contribution in [1.82, 2.24) is 0 Å². The Morgan fingerprint density at radius 1 is 0.765 bits per heavy atom. The minimum atomic E-state index is -0.186. The van der Waals surface area contributed by atoms with Gasteiger partial charge >= 0.3 is 0 Å². The van der Waals surface area contributed by atoms with E-state index in [4.69, 9.17) is 5.41 Å². The second-order valence-electron chi connectivity index (χ2n) is 3.64. The lowest BCUT2D eigenvalue weighted by atomic mass is 10.0. The Balaban J connectivity index is 2.52. The van der Waals surface area contributed by atoms with E-state index in [2.05, 4.69) is 0 Å². The maximum absolute atomic E-state index is 9.48. The molecule has 86 valence electrons. The molecule has 0 unspecified atom stereocenters. The first kappa shape index (κ1) is 11.0. The molecule has 0 spiro atoms. The van der Waals surface area contributed by atoms with E-state index < -0.39 is 0 Å². The molecule has 0 amide bonds. The van der Waals surface area contributed by atoms with Crippen LogP contribution in [0.2, 0.25) is 0 Å². The Morgan fingerprint density at radius 3 is 1.94 bits per heavy atom. The van der Waals surface area contributed by atoms with Crippen LogP contribution in [-0.4, -0.2) is 21.5 Å². The number of hydrogen-bond donors (Lipinski definition) is 4. The maximum atomic E-state index is 9.48. The molecule has 0 saturated heterocycles. The SMILES string of the molecule is [NH2+]=Cc1cc(-c2ccc(O)c(O)c2)ccc1O. The second-order valence-corrected chi connectivity index (χ2v) is 3.64. The fraction of sp³-hybridized carbons (Fsp3) is 0. The van der Waals surface area contributed by atoms with E-state index in [1.54, 1.807) is 18.2 Å². The van der Waals surface area contributed by atoms with Gasteiger partial charge < -0.3 is 15.3 Å². The third-order valence-electron chi connectivity index (χ3n) is 2.52. The molecule has 0 aromatic heterocycles. The minimum absolute atomic E-state index is 0.0965. The van der Waals surface area contributed by atoms with Gasteiger partial charge in [-0.1, -0.05) is 12.1 Å². The summed E-state index contributed by atoms with van der Waals surface area (Å²) in [6, 6.07) is 9.44. The predicted octanol–water partition coefficient (Wildman–Crippen LogP) is 0.648. The highest BCUT2D eigenvalue weighted by Gasteiger charge is 2.06. The van der Waals surface area contributed by atoms with Crippen LogP contribution in [0.3, 0.4) is 0 Å². The van der Waals surface area contributed by atoms with Crippen LogP contribution in [-0.2, 0) is 0 Å². The quantitative estimate of drug-likeness (QED) is 0.451. The van der Waals surface area contributed by atoms with Crippen LogP contribution >= 0.6 is 0 Å². The van der Waals surface area contributed by atoms with Crippen molar-refractivity contribution in [2.75, 3.05) is 0 Å². The van der Waals surface area contributed by atoms with Crippen LogP contribution in [0.1, 0.15) is 5.56 Å². The fourth-order valence-corrected chi connectivity index (χ4v) is 1.57. The van der Waals surface area contributed by atoms with Gasteiger partial charge in [0.25, 0.3) is 0 Å². The smallest absolute Gasteiger partial charge is 0.171 e. The number of hydrogen-bond acceptors (Lipinski definition) is 3. The summed E-state index contributed by atoms with van der Waals surface area (Å²) in [7, 11) is 0. The summed E-state index contributed by atoms with van der Waals surface area (Å²) in [5.41, 5.74) is 2.02. The summed E-state index contributed by atoms with van der Waals surface area (Å²) < 4.78 is 0. The molecular formula is C13H12NO3+. The standard InChI is InChI=1S/C13H11NO3/c14-7-10-5-8(1-3-11(10)15)9-2-4-12(16)13(17)6-9/h1-7,14-17H/p+1. The number of nitrogens with two attached hydrogens (primary N) is 1. The van der Waals surface area contributed by atoms with Gasteiger partial charge in [-0.2, -0.15) is 0 Å². The molecule has 0 radical (unpaired) electrons. The van der Waals surface area contributed by atoms with Gasteiger partial charge in [0, 0.05) is 0 Å². The van der Waals surface area contributed by atoms with Gasteiger partial charge in [0.2, 0.25) is 0 Å². The molecular weight excluding hydrogens is 218 g/mol. The maximum Gasteiger partial charge on any atom is 0.171 e. The van der Waals surface area contributed by atoms with Crippen molar-refractivity contribution in [3.63, 3.8) is 0 Å². The summed E-state index contributed by atoms with van der Waals surface area (Å²) >= 11 is 0. The van der Waals surface area contributed by atoms with Crippen LogP contribution in [0.25, 0.3) is 11.1 Å². The molecule has 5 N–H and O–H groups in total. The van der Waals surface area contributed by atoms with E-state index in [-0.39, 0.29) is 17.2 Å². The first-order valence-electron chi connectivity index (χ1n) is 5.02. The van der Waals surface area contributed by atoms with E-state index in [0.717, 1.165) is 11.1 Å². The molecule has 0 fully saturated rings. The number of rotatable bonds is 2. The summed E-state index contributed by atoms with van der Waals surface area (Å²) in [5.74, 6) is -0.258. The normalized spacial score (nSPS) is 10.1. The number of phenols is 3. The molecule has 0 aliphatic rings. The average Bonchev–Trinajstić information content (AvgIpc) is 2.33. The Labute approximate surface area is 97.9 Å². The van der Waals surface area contributed by atoms with Gasteiger partial charge in [0.15, 0.2) is 17.7 Å². The zero-order valence-electron chi connectivity index (χ0n) is 8.96. The Kier molecular flexibility index (Phi) is 2.70. The summed E-state index contributed by atoms with van der Waals surface area (Å²) in [5, 5.41) is 33.5. The van der Waals surface area contributed by atoms with E-state index in [9.17, 15) is 15.3 Å². The van der Waals surface area contributed by atoms with E-state index in [1.807, 2.05) is 0 Å². The third-order valence-corrected chi connectivity index (χ3v) is 2.52. The molecule has 2 rings (SSSR count). The highest BCUT2D eigenvalue weighted by Crippen LogP contribution is 2.31. The molecule has 2 aromatic rings. The number of aromatic hydroxyl groups is 3. The molecule has 0 heterocycles. The first-order valence-corrected chi connectivity index (χ1v) is 5.02. The Hall–Kier alpha value is -2.49. The highest BCUT2D eigenvalue weighted by atomic mass is 16.3. The molecule has 17 heavy (non-hydrogen) atoms. The van der Waals surface area contributed by atoms with Gasteiger partial charge in [-0.05, 0) is 35.4 Å². The van der Waals surface area contributed by atoms with Crippen molar-refractivity contribution in [2.24, 2.45) is 0 Å².